The van der Waals surface area contributed by atoms with Crippen LogP contribution in [0.3, 0.4) is 0 Å². The molecule has 0 spiro atoms. The lowest BCUT2D eigenvalue weighted by Crippen LogP contribution is -2.30. The molecule has 1 amide bonds. The number of carbonyl (C=O) groups is 1. The standard InChI is InChI=1S/C16H26N2OS/c1-5-18-16(19)13(4)20-15-8-6-7-14(9-15)11-17-10-12(2)3/h6-9,12-13,17H,5,10-11H2,1-4H3,(H,18,19). The Kier molecular flexibility index (Phi) is 7.70. The predicted molar refractivity (Wildman–Crippen MR) is 87.0 cm³/mol. The predicted octanol–water partition coefficient (Wildman–Crippen LogP) is 3.05. The molecule has 1 atom stereocenters. The fourth-order valence-corrected chi connectivity index (χ4v) is 2.78. The molecule has 1 aromatic carbocycles. The van der Waals surface area contributed by atoms with Gasteiger partial charge in [0.25, 0.3) is 0 Å². The summed E-state index contributed by atoms with van der Waals surface area (Å²) in [6.07, 6.45) is 0. The summed E-state index contributed by atoms with van der Waals surface area (Å²) in [5.41, 5.74) is 1.26. The highest BCUT2D eigenvalue weighted by Gasteiger charge is 2.13. The Morgan fingerprint density at radius 2 is 2.05 bits per heavy atom. The maximum absolute atomic E-state index is 11.7. The first-order valence-corrected chi connectivity index (χ1v) is 8.15. The van der Waals surface area contributed by atoms with E-state index < -0.39 is 0 Å². The first-order valence-electron chi connectivity index (χ1n) is 7.27. The van der Waals surface area contributed by atoms with Crippen LogP contribution in [-0.2, 0) is 11.3 Å². The quantitative estimate of drug-likeness (QED) is 0.724. The van der Waals surface area contributed by atoms with Crippen molar-refractivity contribution in [3.63, 3.8) is 0 Å². The fraction of sp³-hybridized carbons (Fsp3) is 0.562. The van der Waals surface area contributed by atoms with E-state index in [1.54, 1.807) is 11.8 Å². The van der Waals surface area contributed by atoms with Crippen LogP contribution in [-0.4, -0.2) is 24.2 Å². The maximum Gasteiger partial charge on any atom is 0.233 e. The number of benzene rings is 1. The number of hydrogen-bond donors (Lipinski definition) is 2. The van der Waals surface area contributed by atoms with Gasteiger partial charge >= 0.3 is 0 Å². The van der Waals surface area contributed by atoms with E-state index in [9.17, 15) is 4.79 Å². The largest absolute Gasteiger partial charge is 0.355 e. The van der Waals surface area contributed by atoms with Gasteiger partial charge in [0, 0.05) is 18.0 Å². The number of amides is 1. The van der Waals surface area contributed by atoms with Crippen molar-refractivity contribution in [1.82, 2.24) is 10.6 Å². The van der Waals surface area contributed by atoms with Crippen LogP contribution < -0.4 is 10.6 Å². The number of thioether (sulfide) groups is 1. The molecule has 0 heterocycles. The Bertz CT molecular complexity index is 421. The summed E-state index contributed by atoms with van der Waals surface area (Å²) < 4.78 is 0. The monoisotopic (exact) mass is 294 g/mol. The molecule has 4 heteroatoms. The molecular weight excluding hydrogens is 268 g/mol. The molecule has 0 aromatic heterocycles. The average Bonchev–Trinajstić information content (AvgIpc) is 2.39. The highest BCUT2D eigenvalue weighted by molar-refractivity contribution is 8.00. The van der Waals surface area contributed by atoms with Gasteiger partial charge in [-0.2, -0.15) is 0 Å². The van der Waals surface area contributed by atoms with E-state index in [4.69, 9.17) is 0 Å². The smallest absolute Gasteiger partial charge is 0.233 e. The van der Waals surface area contributed by atoms with E-state index in [2.05, 4.69) is 48.7 Å². The minimum Gasteiger partial charge on any atom is -0.355 e. The summed E-state index contributed by atoms with van der Waals surface area (Å²) in [5.74, 6) is 0.756. The summed E-state index contributed by atoms with van der Waals surface area (Å²) in [7, 11) is 0. The second-order valence-electron chi connectivity index (χ2n) is 5.33. The van der Waals surface area contributed by atoms with Gasteiger partial charge < -0.3 is 10.6 Å². The molecule has 0 aliphatic heterocycles. The number of rotatable bonds is 8. The van der Waals surface area contributed by atoms with Gasteiger partial charge in [-0.25, -0.2) is 0 Å². The van der Waals surface area contributed by atoms with Gasteiger partial charge in [-0.1, -0.05) is 26.0 Å². The van der Waals surface area contributed by atoms with Crippen LogP contribution in [0.1, 0.15) is 33.3 Å². The van der Waals surface area contributed by atoms with Gasteiger partial charge in [-0.15, -0.1) is 11.8 Å². The van der Waals surface area contributed by atoms with Gasteiger partial charge in [0.15, 0.2) is 0 Å². The van der Waals surface area contributed by atoms with Crippen molar-refractivity contribution in [3.05, 3.63) is 29.8 Å². The van der Waals surface area contributed by atoms with Gasteiger partial charge in [0.05, 0.1) is 5.25 Å². The van der Waals surface area contributed by atoms with Crippen LogP contribution in [0.15, 0.2) is 29.2 Å². The molecule has 0 saturated heterocycles. The molecule has 20 heavy (non-hydrogen) atoms. The minimum atomic E-state index is -0.0613. The Balaban J connectivity index is 2.52. The maximum atomic E-state index is 11.7. The molecule has 0 radical (unpaired) electrons. The van der Waals surface area contributed by atoms with Crippen molar-refractivity contribution in [2.24, 2.45) is 5.92 Å². The van der Waals surface area contributed by atoms with E-state index >= 15 is 0 Å². The summed E-state index contributed by atoms with van der Waals surface area (Å²) in [5, 5.41) is 6.23. The van der Waals surface area contributed by atoms with Crippen LogP contribution in [0.5, 0.6) is 0 Å². The first kappa shape index (κ1) is 17.1. The van der Waals surface area contributed by atoms with Crippen molar-refractivity contribution in [2.75, 3.05) is 13.1 Å². The molecule has 112 valence electrons. The second-order valence-corrected chi connectivity index (χ2v) is 6.74. The third-order valence-electron chi connectivity index (χ3n) is 2.81. The number of hydrogen-bond acceptors (Lipinski definition) is 3. The zero-order valence-electron chi connectivity index (χ0n) is 12.9. The summed E-state index contributed by atoms with van der Waals surface area (Å²) in [4.78, 5) is 12.9. The van der Waals surface area contributed by atoms with E-state index in [-0.39, 0.29) is 11.2 Å². The fourth-order valence-electron chi connectivity index (χ4n) is 1.81. The molecule has 1 rings (SSSR count). The summed E-state index contributed by atoms with van der Waals surface area (Å²) in [6.45, 7) is 10.9. The van der Waals surface area contributed by atoms with Gasteiger partial charge in [-0.05, 0) is 44.0 Å². The third kappa shape index (κ3) is 6.44. The lowest BCUT2D eigenvalue weighted by Gasteiger charge is -2.12. The second kappa shape index (κ2) is 9.03. The molecule has 0 bridgehead atoms. The molecule has 0 aliphatic carbocycles. The lowest BCUT2D eigenvalue weighted by molar-refractivity contribution is -0.120. The zero-order chi connectivity index (χ0) is 15.0. The molecule has 1 unspecified atom stereocenters. The average molecular weight is 294 g/mol. The van der Waals surface area contributed by atoms with Crippen LogP contribution >= 0.6 is 11.8 Å². The van der Waals surface area contributed by atoms with Gasteiger partial charge in [-0.3, -0.25) is 4.79 Å². The van der Waals surface area contributed by atoms with E-state index in [1.165, 1.54) is 5.56 Å². The van der Waals surface area contributed by atoms with E-state index in [0.29, 0.717) is 12.5 Å². The van der Waals surface area contributed by atoms with Crippen molar-refractivity contribution in [2.45, 2.75) is 44.4 Å². The van der Waals surface area contributed by atoms with Crippen LogP contribution in [0.2, 0.25) is 0 Å². The molecule has 3 nitrogen and oxygen atoms in total. The highest BCUT2D eigenvalue weighted by atomic mass is 32.2. The van der Waals surface area contributed by atoms with Crippen LogP contribution in [0.25, 0.3) is 0 Å². The Morgan fingerprint density at radius 1 is 1.30 bits per heavy atom. The molecule has 0 saturated carbocycles. The van der Waals surface area contributed by atoms with Crippen molar-refractivity contribution in [1.29, 1.82) is 0 Å². The lowest BCUT2D eigenvalue weighted by atomic mass is 10.2. The minimum absolute atomic E-state index is 0.0613. The van der Waals surface area contributed by atoms with Gasteiger partial charge in [0.1, 0.15) is 0 Å². The number of carbonyl (C=O) groups excluding carboxylic acids is 1. The molecule has 0 fully saturated rings. The van der Waals surface area contributed by atoms with Gasteiger partial charge in [0.2, 0.25) is 5.91 Å². The first-order chi connectivity index (χ1) is 9.52. The van der Waals surface area contributed by atoms with E-state index in [1.807, 2.05) is 13.8 Å². The summed E-state index contributed by atoms with van der Waals surface area (Å²) in [6, 6.07) is 8.40. The molecule has 0 aliphatic rings. The zero-order valence-corrected chi connectivity index (χ0v) is 13.7. The molecule has 1 aromatic rings. The Labute approximate surface area is 126 Å². The third-order valence-corrected chi connectivity index (χ3v) is 3.91. The topological polar surface area (TPSA) is 41.1 Å². The highest BCUT2D eigenvalue weighted by Crippen LogP contribution is 2.24. The van der Waals surface area contributed by atoms with Crippen LogP contribution in [0.4, 0.5) is 0 Å². The van der Waals surface area contributed by atoms with Crippen molar-refractivity contribution in [3.8, 4) is 0 Å². The van der Waals surface area contributed by atoms with E-state index in [0.717, 1.165) is 18.0 Å². The number of nitrogens with one attached hydrogen (secondary N) is 2. The summed E-state index contributed by atoms with van der Waals surface area (Å²) >= 11 is 1.61. The molecular formula is C16H26N2OS. The van der Waals surface area contributed by atoms with Crippen LogP contribution in [0, 0.1) is 5.92 Å². The normalized spacial score (nSPS) is 12.4. The van der Waals surface area contributed by atoms with Crippen molar-refractivity contribution < 1.29 is 4.79 Å². The van der Waals surface area contributed by atoms with Crippen molar-refractivity contribution >= 4 is 17.7 Å². The molecule has 2 N–H and O–H groups in total. The Morgan fingerprint density at radius 3 is 2.70 bits per heavy atom. The Hall–Kier alpha value is -1.00. The SMILES string of the molecule is CCNC(=O)C(C)Sc1cccc(CNCC(C)C)c1.